The third-order valence-corrected chi connectivity index (χ3v) is 19.7. The van der Waals surface area contributed by atoms with Crippen LogP contribution in [0.4, 0.5) is 32.2 Å². The number of benzene rings is 2. The molecule has 6 aromatic rings. The van der Waals surface area contributed by atoms with Gasteiger partial charge in [-0.3, -0.25) is 19.2 Å². The molecule has 4 aromatic heterocycles. The predicted molar refractivity (Wildman–Crippen MR) is 320 cm³/mol. The van der Waals surface area contributed by atoms with Crippen LogP contribution in [0.5, 0.6) is 0 Å². The summed E-state index contributed by atoms with van der Waals surface area (Å²) >= 11 is 6.28. The molecular weight excluding hydrogens is 1230 g/mol. The van der Waals surface area contributed by atoms with Crippen LogP contribution in [-0.4, -0.2) is 177 Å². The van der Waals surface area contributed by atoms with Crippen molar-refractivity contribution in [1.29, 1.82) is 0 Å². The van der Waals surface area contributed by atoms with E-state index in [-0.39, 0.29) is 120 Å². The van der Waals surface area contributed by atoms with E-state index in [1.165, 1.54) is 36.2 Å². The summed E-state index contributed by atoms with van der Waals surface area (Å²) in [7, 11) is -0.0590. The maximum Gasteiger partial charge on any atom is 0.308 e. The third-order valence-electron chi connectivity index (χ3n) is 16.0. The molecule has 5 N–H and O–H groups in total. The monoisotopic (exact) mass is 1300 g/mol. The number of anilines is 1. The van der Waals surface area contributed by atoms with E-state index in [0.717, 1.165) is 58.3 Å². The topological polar surface area (TPSA) is 277 Å². The van der Waals surface area contributed by atoms with Gasteiger partial charge in [-0.2, -0.15) is 10.2 Å². The molecule has 0 radical (unpaired) electrons. The maximum absolute atomic E-state index is 14.8. The van der Waals surface area contributed by atoms with Crippen LogP contribution in [0, 0.1) is 35.1 Å². The molecule has 2 saturated heterocycles. The molecule has 2 aliphatic heterocycles. The normalized spacial score (nSPS) is 23.5. The SMILES string of the molecule is COC(=O)[C@@H]1C[C@@H](N)[C@H](O)C1.COC(=O)[C@H]1C[C@@H](O)[C@H](Nc2ncnc3c2c(C(=O)N2C[C@@H](F)C[C@@H]2c2cc(F)ccc2F)nn3COCC[Si](C)(C)C)C1.C[Si](C)(C)CCOCn1nc(C(=O)N2C[C@@H](F)C[C@@H]2c2cc(F)ccc2F)c2c(Cl)ncnc21. The number of esters is 2. The largest absolute Gasteiger partial charge is 0.469 e. The van der Waals surface area contributed by atoms with Gasteiger partial charge in [0.25, 0.3) is 11.8 Å². The Balaban J connectivity index is 0.000000201. The second-order valence-corrected chi connectivity index (χ2v) is 36.7. The van der Waals surface area contributed by atoms with Crippen molar-refractivity contribution in [2.24, 2.45) is 17.6 Å². The summed E-state index contributed by atoms with van der Waals surface area (Å²) in [4.78, 5) is 69.8. The molecule has 2 saturated carbocycles. The molecule has 31 heteroatoms. The van der Waals surface area contributed by atoms with Crippen LogP contribution >= 0.6 is 11.6 Å². The average molecular weight is 1310 g/mol. The highest BCUT2D eigenvalue weighted by Gasteiger charge is 2.44. The molecule has 10 rings (SSSR count). The number of likely N-dealkylation sites (tertiary alicyclic amines) is 2. The molecule has 2 aromatic carbocycles. The molecule has 89 heavy (non-hydrogen) atoms. The fourth-order valence-electron chi connectivity index (χ4n) is 11.2. The molecular formula is C58H75ClF6N12O10Si2. The smallest absolute Gasteiger partial charge is 0.308 e. The highest BCUT2D eigenvalue weighted by molar-refractivity contribution is 6.76. The fraction of sp³-hybridized carbons (Fsp3) is 0.552. The fourth-order valence-corrected chi connectivity index (χ4v) is 12.9. The lowest BCUT2D eigenvalue weighted by molar-refractivity contribution is -0.146. The first-order chi connectivity index (χ1) is 42.1. The van der Waals surface area contributed by atoms with E-state index in [1.54, 1.807) is 0 Å². The summed E-state index contributed by atoms with van der Waals surface area (Å²) in [5.74, 6) is -5.51. The zero-order valence-electron chi connectivity index (χ0n) is 50.6. The van der Waals surface area contributed by atoms with Crippen LogP contribution in [-0.2, 0) is 42.0 Å². The molecule has 22 nitrogen and oxygen atoms in total. The number of amides is 2. The van der Waals surface area contributed by atoms with E-state index in [4.69, 9.17) is 31.5 Å². The number of halogens is 7. The number of aromatic nitrogens is 8. The number of alkyl halides is 2. The number of hydrogen-bond acceptors (Lipinski definition) is 18. The number of nitrogens with zero attached hydrogens (tertiary/aromatic N) is 10. The van der Waals surface area contributed by atoms with Crippen LogP contribution < -0.4 is 11.1 Å². The summed E-state index contributed by atoms with van der Waals surface area (Å²) in [5, 5.41) is 32.3. The van der Waals surface area contributed by atoms with Gasteiger partial charge in [-0.1, -0.05) is 50.9 Å². The van der Waals surface area contributed by atoms with Gasteiger partial charge in [-0.15, -0.1) is 0 Å². The highest BCUT2D eigenvalue weighted by Crippen LogP contribution is 2.40. The van der Waals surface area contributed by atoms with Gasteiger partial charge in [-0.25, -0.2) is 55.6 Å². The van der Waals surface area contributed by atoms with E-state index < -0.39 is 106 Å². The Bertz CT molecular complexity index is 3500. The lowest BCUT2D eigenvalue weighted by Gasteiger charge is -2.24. The quantitative estimate of drug-likeness (QED) is 0.0207. The van der Waals surface area contributed by atoms with Crippen molar-refractivity contribution in [2.45, 2.75) is 152 Å². The number of nitrogens with one attached hydrogen (secondary N) is 1. The van der Waals surface area contributed by atoms with Crippen molar-refractivity contribution in [3.63, 3.8) is 0 Å². The Morgan fingerprint density at radius 2 is 1.09 bits per heavy atom. The lowest BCUT2D eigenvalue weighted by atomic mass is 10.0. The van der Waals surface area contributed by atoms with Gasteiger partial charge in [0.1, 0.15) is 72.7 Å². The summed E-state index contributed by atoms with van der Waals surface area (Å²) in [6, 6.07) is 4.71. The Morgan fingerprint density at radius 3 is 1.55 bits per heavy atom. The number of carbonyl (C=O) groups is 4. The van der Waals surface area contributed by atoms with E-state index in [9.17, 15) is 55.7 Å². The number of carbonyl (C=O) groups excluding carboxylic acids is 4. The van der Waals surface area contributed by atoms with Gasteiger partial charge in [0.2, 0.25) is 0 Å². The second kappa shape index (κ2) is 29.1. The van der Waals surface area contributed by atoms with Crippen LogP contribution in [0.25, 0.3) is 22.1 Å². The van der Waals surface area contributed by atoms with Crippen molar-refractivity contribution < 1.29 is 74.7 Å². The van der Waals surface area contributed by atoms with Crippen LogP contribution in [0.15, 0.2) is 49.1 Å². The minimum atomic E-state index is -1.47. The number of nitrogens with two attached hydrogens (primary N) is 1. The molecule has 2 aliphatic carbocycles. The molecule has 2 amide bonds. The Labute approximate surface area is 516 Å². The molecule has 484 valence electrons. The highest BCUT2D eigenvalue weighted by atomic mass is 35.5. The molecule has 0 spiro atoms. The predicted octanol–water partition coefficient (Wildman–Crippen LogP) is 8.32. The number of fused-ring (bicyclic) bond motifs is 2. The lowest BCUT2D eigenvalue weighted by Crippen LogP contribution is -2.33. The molecule has 6 heterocycles. The zero-order chi connectivity index (χ0) is 64.8. The average Bonchev–Trinajstić information content (AvgIpc) is 1.68. The van der Waals surface area contributed by atoms with E-state index in [0.29, 0.717) is 31.7 Å². The van der Waals surface area contributed by atoms with Crippen molar-refractivity contribution in [2.75, 3.05) is 45.8 Å². The summed E-state index contributed by atoms with van der Waals surface area (Å²) < 4.78 is 110. The van der Waals surface area contributed by atoms with Gasteiger partial charge >= 0.3 is 11.9 Å². The summed E-state index contributed by atoms with van der Waals surface area (Å²) in [6.07, 6.45) is -0.758. The third kappa shape index (κ3) is 16.6. The maximum atomic E-state index is 14.8. The summed E-state index contributed by atoms with van der Waals surface area (Å²) in [5.41, 5.74) is 5.60. The van der Waals surface area contributed by atoms with Gasteiger partial charge in [0.05, 0.1) is 80.3 Å². The first kappa shape index (κ1) is 68.2. The van der Waals surface area contributed by atoms with Crippen molar-refractivity contribution in [3.05, 3.63) is 100.0 Å². The van der Waals surface area contributed by atoms with Gasteiger partial charge in [0.15, 0.2) is 22.7 Å². The first-order valence-corrected chi connectivity index (χ1v) is 36.9. The zero-order valence-corrected chi connectivity index (χ0v) is 53.4. The van der Waals surface area contributed by atoms with E-state index in [1.807, 2.05) is 0 Å². The Hall–Kier alpha value is -6.68. The Kier molecular flexibility index (Phi) is 22.3. The number of aliphatic hydroxyl groups excluding tert-OH is 2. The molecule has 0 unspecified atom stereocenters. The molecule has 4 aliphatic rings. The number of rotatable bonds is 18. The van der Waals surface area contributed by atoms with Gasteiger partial charge in [-0.05, 0) is 74.2 Å². The minimum Gasteiger partial charge on any atom is -0.469 e. The molecule has 4 fully saturated rings. The van der Waals surface area contributed by atoms with E-state index in [2.05, 4.69) is 79.5 Å². The number of ether oxygens (including phenoxy) is 4. The first-order valence-electron chi connectivity index (χ1n) is 29.1. The van der Waals surface area contributed by atoms with E-state index >= 15 is 0 Å². The number of methoxy groups -OCH3 is 2. The van der Waals surface area contributed by atoms with Crippen molar-refractivity contribution in [1.82, 2.24) is 49.3 Å². The number of hydrogen-bond donors (Lipinski definition) is 4. The van der Waals surface area contributed by atoms with Crippen molar-refractivity contribution >= 4 is 79.4 Å². The van der Waals surface area contributed by atoms with Gasteiger partial charge < -0.3 is 50.0 Å². The number of aliphatic hydroxyl groups is 2. The van der Waals surface area contributed by atoms with Crippen LogP contribution in [0.1, 0.15) is 82.7 Å². The standard InChI is InChI=1S/C29H37F3N6O5Si.C22H25ClF3N5O2Si.C7H13NO3/c1-42-29(41)16-9-21(23(39)10-16)35-26-24-25(36-38(27(24)34-14-33-26)15-43-7-8-44(2,3)4)28(40)37-13-18(31)12-22(37)19-11-17(30)5-6-20(19)32;1-34(2,3)7-6-33-12-31-21-18(20(23)27-11-28-21)19(29-31)22(32)30-10-14(25)9-17(30)15-8-13(24)4-5-16(15)26;1-11-7(10)4-2-5(8)6(9)3-4/h5-6,11,14,16,18,21-23,39H,7-10,12-13,15H2,1-4H3,(H,33,34,35);4-5,8,11,14,17H,6-7,9-10,12H2,1-3H3;4-6,9H,2-3,8H2,1H3/t16-,18+,21-,22-,23-;14-,17+;4-,5-,6-/m101/s1. The van der Waals surface area contributed by atoms with Gasteiger partial charge in [0, 0.05) is 59.4 Å². The van der Waals surface area contributed by atoms with Crippen LogP contribution in [0.2, 0.25) is 56.5 Å². The molecule has 0 bridgehead atoms. The minimum absolute atomic E-state index is 0.00572. The van der Waals surface area contributed by atoms with Crippen LogP contribution in [0.3, 0.4) is 0 Å². The Morgan fingerprint density at radius 1 is 0.640 bits per heavy atom. The second-order valence-electron chi connectivity index (χ2n) is 25.1. The summed E-state index contributed by atoms with van der Waals surface area (Å²) in [6.45, 7) is 13.7. The van der Waals surface area contributed by atoms with Crippen molar-refractivity contribution in [3.8, 4) is 0 Å². The molecule has 10 atom stereocenters.